The van der Waals surface area contributed by atoms with E-state index in [9.17, 15) is 9.59 Å². The first-order valence-electron chi connectivity index (χ1n) is 8.27. The number of benzene rings is 1. The molecule has 0 saturated heterocycles. The number of esters is 1. The van der Waals surface area contributed by atoms with E-state index in [2.05, 4.69) is 11.8 Å². The van der Waals surface area contributed by atoms with Gasteiger partial charge in [-0.15, -0.1) is 0 Å². The largest absolute Gasteiger partial charge is 0.464 e. The quantitative estimate of drug-likeness (QED) is 0.583. The van der Waals surface area contributed by atoms with Crippen LogP contribution in [0.2, 0.25) is 0 Å². The molecule has 1 heterocycles. The molecule has 0 atom stereocenters. The summed E-state index contributed by atoms with van der Waals surface area (Å²) >= 11 is 0. The molecule has 1 aliphatic carbocycles. The lowest BCUT2D eigenvalue weighted by atomic mass is 10.1. The predicted molar refractivity (Wildman–Crippen MR) is 94.5 cm³/mol. The van der Waals surface area contributed by atoms with Gasteiger partial charge in [-0.3, -0.25) is 0 Å². The van der Waals surface area contributed by atoms with Crippen LogP contribution in [0.15, 0.2) is 24.3 Å². The molecule has 0 spiro atoms. The first-order valence-corrected chi connectivity index (χ1v) is 8.27. The van der Waals surface area contributed by atoms with Crippen molar-refractivity contribution in [1.29, 1.82) is 0 Å². The van der Waals surface area contributed by atoms with Crippen molar-refractivity contribution < 1.29 is 19.1 Å². The molecular weight excluding hydrogens is 318 g/mol. The van der Waals surface area contributed by atoms with Crippen LogP contribution in [0.4, 0.5) is 4.79 Å². The molecule has 0 aliphatic heterocycles. The molecule has 0 radical (unpaired) electrons. The first kappa shape index (κ1) is 17.1. The highest BCUT2D eigenvalue weighted by molar-refractivity contribution is 6.01. The molecule has 1 saturated carbocycles. The van der Waals surface area contributed by atoms with Crippen LogP contribution >= 0.6 is 0 Å². The lowest BCUT2D eigenvalue weighted by molar-refractivity contribution is 0.0490. The second-order valence-electron chi connectivity index (χ2n) is 7.15. The molecule has 25 heavy (non-hydrogen) atoms. The second-order valence-corrected chi connectivity index (χ2v) is 7.15. The van der Waals surface area contributed by atoms with Crippen molar-refractivity contribution in [2.45, 2.75) is 39.2 Å². The maximum Gasteiger partial charge on any atom is 0.419 e. The number of ether oxygens (including phenoxy) is 2. The van der Waals surface area contributed by atoms with Crippen molar-refractivity contribution in [2.75, 3.05) is 7.11 Å². The van der Waals surface area contributed by atoms with Gasteiger partial charge in [-0.1, -0.05) is 17.9 Å². The Morgan fingerprint density at radius 3 is 2.52 bits per heavy atom. The molecular formula is C20H21NO4. The number of hydrogen-bond donors (Lipinski definition) is 0. The molecule has 2 aromatic rings. The number of rotatable bonds is 1. The molecule has 5 heteroatoms. The molecule has 0 N–H and O–H groups in total. The standard InChI is InChI=1S/C20H21NO4/c1-20(2,3)25-19(23)21-16-11-14(8-7-13-5-6-13)9-10-15(16)12-17(21)18(22)24-4/h9-13H,5-6H2,1-4H3. The molecule has 1 aromatic heterocycles. The smallest absolute Gasteiger partial charge is 0.419 e. The monoisotopic (exact) mass is 339 g/mol. The average molecular weight is 339 g/mol. The normalized spacial score (nSPS) is 13.9. The Hall–Kier alpha value is -2.74. The fourth-order valence-corrected chi connectivity index (χ4v) is 2.45. The second kappa shape index (κ2) is 6.29. The van der Waals surface area contributed by atoms with Crippen LogP contribution in [0.25, 0.3) is 10.9 Å². The Morgan fingerprint density at radius 2 is 1.92 bits per heavy atom. The zero-order chi connectivity index (χ0) is 18.2. The molecule has 130 valence electrons. The van der Waals surface area contributed by atoms with Gasteiger partial charge in [-0.2, -0.15) is 0 Å². The van der Waals surface area contributed by atoms with Gasteiger partial charge in [0.1, 0.15) is 11.3 Å². The summed E-state index contributed by atoms with van der Waals surface area (Å²) in [6.07, 6.45) is 1.68. The van der Waals surface area contributed by atoms with E-state index in [1.807, 2.05) is 12.1 Å². The predicted octanol–water partition coefficient (Wildman–Crippen LogP) is 3.97. The third kappa shape index (κ3) is 3.85. The molecule has 1 aliphatic rings. The molecule has 0 bridgehead atoms. The van der Waals surface area contributed by atoms with Crippen LogP contribution in [0.3, 0.4) is 0 Å². The highest BCUT2D eigenvalue weighted by Gasteiger charge is 2.25. The Morgan fingerprint density at radius 1 is 1.20 bits per heavy atom. The Kier molecular flexibility index (Phi) is 4.30. The highest BCUT2D eigenvalue weighted by Crippen LogP contribution is 2.28. The van der Waals surface area contributed by atoms with Gasteiger partial charge in [-0.25, -0.2) is 14.2 Å². The molecule has 5 nitrogen and oxygen atoms in total. The third-order valence-electron chi connectivity index (χ3n) is 3.77. The van der Waals surface area contributed by atoms with Gasteiger partial charge >= 0.3 is 12.1 Å². The van der Waals surface area contributed by atoms with E-state index in [1.165, 1.54) is 11.7 Å². The van der Waals surface area contributed by atoms with Crippen LogP contribution in [-0.2, 0) is 9.47 Å². The number of hydrogen-bond acceptors (Lipinski definition) is 4. The van der Waals surface area contributed by atoms with Gasteiger partial charge in [0.05, 0.1) is 12.6 Å². The summed E-state index contributed by atoms with van der Waals surface area (Å²) < 4.78 is 11.5. The topological polar surface area (TPSA) is 57.5 Å². The lowest BCUT2D eigenvalue weighted by Crippen LogP contribution is -2.29. The van der Waals surface area contributed by atoms with Crippen molar-refractivity contribution >= 4 is 23.0 Å². The minimum Gasteiger partial charge on any atom is -0.464 e. The van der Waals surface area contributed by atoms with E-state index < -0.39 is 17.7 Å². The highest BCUT2D eigenvalue weighted by atomic mass is 16.6. The third-order valence-corrected chi connectivity index (χ3v) is 3.77. The van der Waals surface area contributed by atoms with Crippen molar-refractivity contribution in [2.24, 2.45) is 5.92 Å². The zero-order valence-corrected chi connectivity index (χ0v) is 14.9. The van der Waals surface area contributed by atoms with E-state index >= 15 is 0 Å². The van der Waals surface area contributed by atoms with E-state index in [0.717, 1.165) is 23.8 Å². The van der Waals surface area contributed by atoms with Crippen molar-refractivity contribution in [3.63, 3.8) is 0 Å². The lowest BCUT2D eigenvalue weighted by Gasteiger charge is -2.20. The fourth-order valence-electron chi connectivity index (χ4n) is 2.45. The van der Waals surface area contributed by atoms with E-state index in [4.69, 9.17) is 9.47 Å². The van der Waals surface area contributed by atoms with Gasteiger partial charge in [0.15, 0.2) is 0 Å². The van der Waals surface area contributed by atoms with E-state index in [-0.39, 0.29) is 5.69 Å². The summed E-state index contributed by atoms with van der Waals surface area (Å²) in [4.78, 5) is 24.8. The number of methoxy groups -OCH3 is 1. The van der Waals surface area contributed by atoms with Crippen LogP contribution < -0.4 is 0 Å². The van der Waals surface area contributed by atoms with Gasteiger partial charge in [-0.05, 0) is 51.8 Å². The van der Waals surface area contributed by atoms with Crippen molar-refractivity contribution in [1.82, 2.24) is 4.57 Å². The molecule has 0 unspecified atom stereocenters. The van der Waals surface area contributed by atoms with Crippen LogP contribution in [0.1, 0.15) is 49.7 Å². The summed E-state index contributed by atoms with van der Waals surface area (Å²) in [5.41, 5.74) is 0.847. The van der Waals surface area contributed by atoms with Gasteiger partial charge in [0.25, 0.3) is 0 Å². The van der Waals surface area contributed by atoms with Gasteiger partial charge < -0.3 is 9.47 Å². The molecule has 0 amide bonds. The summed E-state index contributed by atoms with van der Waals surface area (Å²) in [7, 11) is 1.28. The van der Waals surface area contributed by atoms with E-state index in [1.54, 1.807) is 32.9 Å². The van der Waals surface area contributed by atoms with Gasteiger partial charge in [0.2, 0.25) is 0 Å². The number of aromatic nitrogens is 1. The number of fused-ring (bicyclic) bond motifs is 1. The number of nitrogens with zero attached hydrogens (tertiary/aromatic N) is 1. The Balaban J connectivity index is 2.11. The summed E-state index contributed by atoms with van der Waals surface area (Å²) in [6.45, 7) is 5.34. The summed E-state index contributed by atoms with van der Waals surface area (Å²) in [6, 6.07) is 7.17. The minimum absolute atomic E-state index is 0.138. The average Bonchev–Trinajstić information content (AvgIpc) is 3.28. The number of carbonyl (C=O) groups is 2. The van der Waals surface area contributed by atoms with Gasteiger partial charge in [0, 0.05) is 16.9 Å². The molecule has 1 fully saturated rings. The first-order chi connectivity index (χ1) is 11.8. The number of carbonyl (C=O) groups excluding carboxylic acids is 2. The maximum atomic E-state index is 12.7. The van der Waals surface area contributed by atoms with Crippen LogP contribution in [0.5, 0.6) is 0 Å². The molecule has 3 rings (SSSR count). The Bertz CT molecular complexity index is 901. The fraction of sp³-hybridized carbons (Fsp3) is 0.400. The zero-order valence-electron chi connectivity index (χ0n) is 14.9. The van der Waals surface area contributed by atoms with E-state index in [0.29, 0.717) is 11.4 Å². The van der Waals surface area contributed by atoms with Crippen LogP contribution in [0, 0.1) is 17.8 Å². The summed E-state index contributed by atoms with van der Waals surface area (Å²) in [5.74, 6) is 6.23. The summed E-state index contributed by atoms with van der Waals surface area (Å²) in [5, 5.41) is 0.753. The maximum absolute atomic E-state index is 12.7. The Labute approximate surface area is 146 Å². The minimum atomic E-state index is -0.676. The molecule has 1 aromatic carbocycles. The SMILES string of the molecule is COC(=O)c1cc2ccc(C#CC3CC3)cc2n1C(=O)OC(C)(C)C. The van der Waals surface area contributed by atoms with Crippen molar-refractivity contribution in [3.8, 4) is 11.8 Å². The van der Waals surface area contributed by atoms with Crippen LogP contribution in [-0.4, -0.2) is 29.3 Å². The van der Waals surface area contributed by atoms with Crippen molar-refractivity contribution in [3.05, 3.63) is 35.5 Å².